The van der Waals surface area contributed by atoms with Crippen molar-refractivity contribution in [2.24, 2.45) is 7.05 Å². The Morgan fingerprint density at radius 3 is 2.81 bits per heavy atom. The van der Waals surface area contributed by atoms with E-state index in [4.69, 9.17) is 4.42 Å². The number of hydrogen-bond acceptors (Lipinski definition) is 4. The van der Waals surface area contributed by atoms with Crippen molar-refractivity contribution in [1.82, 2.24) is 14.7 Å². The van der Waals surface area contributed by atoms with E-state index in [1.165, 1.54) is 11.3 Å². The van der Waals surface area contributed by atoms with Crippen molar-refractivity contribution < 1.29 is 4.42 Å². The van der Waals surface area contributed by atoms with Crippen LogP contribution in [-0.4, -0.2) is 14.7 Å². The fourth-order valence-electron chi connectivity index (χ4n) is 2.47. The lowest BCUT2D eigenvalue weighted by molar-refractivity contribution is 0.221. The summed E-state index contributed by atoms with van der Waals surface area (Å²) in [7, 11) is 2.00. The summed E-state index contributed by atoms with van der Waals surface area (Å²) < 4.78 is 7.45. The quantitative estimate of drug-likeness (QED) is 0.698. The SMILES string of the molecule is Cc1cc(CN(Cc2ccsc2)Cc2ccco2)n(C)n1. The fraction of sp³-hybridized carbons (Fsp3) is 0.312. The lowest BCUT2D eigenvalue weighted by atomic mass is 10.2. The third-order valence-corrected chi connectivity index (χ3v) is 4.16. The molecule has 0 spiro atoms. The minimum atomic E-state index is 0.799. The van der Waals surface area contributed by atoms with Gasteiger partial charge in [0.2, 0.25) is 0 Å². The van der Waals surface area contributed by atoms with Crippen molar-refractivity contribution >= 4 is 11.3 Å². The van der Waals surface area contributed by atoms with E-state index < -0.39 is 0 Å². The van der Waals surface area contributed by atoms with Crippen LogP contribution in [0.5, 0.6) is 0 Å². The molecule has 0 unspecified atom stereocenters. The van der Waals surface area contributed by atoms with Gasteiger partial charge in [0.05, 0.1) is 24.2 Å². The van der Waals surface area contributed by atoms with Crippen LogP contribution >= 0.6 is 11.3 Å². The molecule has 0 atom stereocenters. The molecule has 0 aliphatic carbocycles. The third-order valence-electron chi connectivity index (χ3n) is 3.43. The summed E-state index contributed by atoms with van der Waals surface area (Å²) in [5.41, 5.74) is 3.61. The Hall–Kier alpha value is -1.85. The Morgan fingerprint density at radius 1 is 1.29 bits per heavy atom. The highest BCUT2D eigenvalue weighted by atomic mass is 32.1. The van der Waals surface area contributed by atoms with Gasteiger partial charge >= 0.3 is 0 Å². The first-order valence-corrected chi connectivity index (χ1v) is 7.90. The van der Waals surface area contributed by atoms with Gasteiger partial charge in [0.25, 0.3) is 0 Å². The van der Waals surface area contributed by atoms with Crippen LogP contribution in [0.2, 0.25) is 0 Å². The highest BCUT2D eigenvalue weighted by Gasteiger charge is 2.13. The predicted molar refractivity (Wildman–Crippen MR) is 83.9 cm³/mol. The highest BCUT2D eigenvalue weighted by molar-refractivity contribution is 7.07. The maximum atomic E-state index is 5.49. The van der Waals surface area contributed by atoms with E-state index in [1.807, 2.05) is 30.8 Å². The molecule has 4 nitrogen and oxygen atoms in total. The maximum absolute atomic E-state index is 5.49. The molecule has 0 N–H and O–H groups in total. The van der Waals surface area contributed by atoms with Gasteiger partial charge in [-0.1, -0.05) is 0 Å². The van der Waals surface area contributed by atoms with Crippen molar-refractivity contribution in [3.8, 4) is 0 Å². The number of thiophene rings is 1. The number of aryl methyl sites for hydroxylation is 2. The Morgan fingerprint density at radius 2 is 2.19 bits per heavy atom. The Bertz CT molecular complexity index is 634. The summed E-state index contributed by atoms with van der Waals surface area (Å²) in [6.07, 6.45) is 1.73. The van der Waals surface area contributed by atoms with Crippen LogP contribution in [0, 0.1) is 6.92 Å². The zero-order chi connectivity index (χ0) is 14.7. The molecule has 0 radical (unpaired) electrons. The summed E-state index contributed by atoms with van der Waals surface area (Å²) in [5.74, 6) is 0.990. The molecule has 0 aliphatic heterocycles. The second kappa shape index (κ2) is 6.28. The van der Waals surface area contributed by atoms with Gasteiger partial charge in [-0.05, 0) is 47.5 Å². The molecule has 0 aromatic carbocycles. The number of rotatable bonds is 6. The lowest BCUT2D eigenvalue weighted by Crippen LogP contribution is -2.23. The minimum Gasteiger partial charge on any atom is -0.468 e. The van der Waals surface area contributed by atoms with E-state index >= 15 is 0 Å². The van der Waals surface area contributed by atoms with Gasteiger partial charge in [0, 0.05) is 20.1 Å². The molecule has 21 heavy (non-hydrogen) atoms. The molecule has 3 rings (SSSR count). The molecular weight excluding hydrogens is 282 g/mol. The topological polar surface area (TPSA) is 34.2 Å². The zero-order valence-corrected chi connectivity index (χ0v) is 13.1. The lowest BCUT2D eigenvalue weighted by Gasteiger charge is -2.20. The average molecular weight is 301 g/mol. The van der Waals surface area contributed by atoms with Gasteiger partial charge in [0.1, 0.15) is 5.76 Å². The van der Waals surface area contributed by atoms with Crippen molar-refractivity contribution in [2.75, 3.05) is 0 Å². The van der Waals surface area contributed by atoms with Crippen LogP contribution in [0.25, 0.3) is 0 Å². The number of hydrogen-bond donors (Lipinski definition) is 0. The van der Waals surface area contributed by atoms with Crippen LogP contribution < -0.4 is 0 Å². The molecule has 0 saturated heterocycles. The number of nitrogens with zero attached hydrogens (tertiary/aromatic N) is 3. The van der Waals surface area contributed by atoms with Crippen LogP contribution in [0.4, 0.5) is 0 Å². The van der Waals surface area contributed by atoms with Gasteiger partial charge in [0.15, 0.2) is 0 Å². The van der Waals surface area contributed by atoms with Gasteiger partial charge in [-0.15, -0.1) is 0 Å². The predicted octanol–water partition coefficient (Wildman–Crippen LogP) is 3.59. The standard InChI is InChI=1S/C16H19N3OS/c1-13-8-15(18(2)17-13)10-19(9-14-5-7-21-12-14)11-16-4-3-6-20-16/h3-8,12H,9-11H2,1-2H3. The second-order valence-corrected chi connectivity index (χ2v) is 6.04. The molecule has 3 aromatic rings. The van der Waals surface area contributed by atoms with Gasteiger partial charge < -0.3 is 4.42 Å². The Labute approximate surface area is 128 Å². The van der Waals surface area contributed by atoms with E-state index in [0.29, 0.717) is 0 Å². The Kier molecular flexibility index (Phi) is 4.22. The molecule has 0 bridgehead atoms. The molecule has 3 aromatic heterocycles. The number of furan rings is 1. The smallest absolute Gasteiger partial charge is 0.117 e. The Balaban J connectivity index is 1.76. The molecule has 5 heteroatoms. The summed E-state index contributed by atoms with van der Waals surface area (Å²) in [5, 5.41) is 8.74. The van der Waals surface area contributed by atoms with Crippen LogP contribution in [0.15, 0.2) is 45.7 Å². The van der Waals surface area contributed by atoms with E-state index in [0.717, 1.165) is 31.1 Å². The van der Waals surface area contributed by atoms with Crippen molar-refractivity contribution in [1.29, 1.82) is 0 Å². The average Bonchev–Trinajstić information content (AvgIpc) is 3.15. The van der Waals surface area contributed by atoms with Gasteiger partial charge in [-0.2, -0.15) is 16.4 Å². The maximum Gasteiger partial charge on any atom is 0.117 e. The van der Waals surface area contributed by atoms with Crippen LogP contribution in [-0.2, 0) is 26.7 Å². The normalized spacial score (nSPS) is 11.4. The van der Waals surface area contributed by atoms with Crippen molar-refractivity contribution in [3.05, 3.63) is 64.0 Å². The fourth-order valence-corrected chi connectivity index (χ4v) is 3.13. The van der Waals surface area contributed by atoms with E-state index in [2.05, 4.69) is 32.9 Å². The monoisotopic (exact) mass is 301 g/mol. The zero-order valence-electron chi connectivity index (χ0n) is 12.3. The van der Waals surface area contributed by atoms with Crippen LogP contribution in [0.3, 0.4) is 0 Å². The van der Waals surface area contributed by atoms with E-state index in [9.17, 15) is 0 Å². The molecule has 3 heterocycles. The first kappa shape index (κ1) is 14.1. The largest absolute Gasteiger partial charge is 0.468 e. The van der Waals surface area contributed by atoms with Crippen molar-refractivity contribution in [2.45, 2.75) is 26.6 Å². The first-order valence-electron chi connectivity index (χ1n) is 6.96. The highest BCUT2D eigenvalue weighted by Crippen LogP contribution is 2.16. The minimum absolute atomic E-state index is 0.799. The molecule has 0 aliphatic rings. The molecule has 110 valence electrons. The van der Waals surface area contributed by atoms with E-state index in [-0.39, 0.29) is 0 Å². The summed E-state index contributed by atoms with van der Waals surface area (Å²) in [4.78, 5) is 2.37. The van der Waals surface area contributed by atoms with E-state index in [1.54, 1.807) is 17.6 Å². The molecule has 0 amide bonds. The van der Waals surface area contributed by atoms with Crippen LogP contribution in [0.1, 0.15) is 22.7 Å². The molecular formula is C16H19N3OS. The second-order valence-electron chi connectivity index (χ2n) is 5.26. The third kappa shape index (κ3) is 3.62. The summed E-state index contributed by atoms with van der Waals surface area (Å²) in [6.45, 7) is 4.59. The number of aromatic nitrogens is 2. The van der Waals surface area contributed by atoms with Crippen molar-refractivity contribution in [3.63, 3.8) is 0 Å². The molecule has 0 saturated carbocycles. The first-order chi connectivity index (χ1) is 10.2. The molecule has 0 fully saturated rings. The summed E-state index contributed by atoms with van der Waals surface area (Å²) >= 11 is 1.74. The summed E-state index contributed by atoms with van der Waals surface area (Å²) in [6, 6.07) is 8.28. The van der Waals surface area contributed by atoms with Gasteiger partial charge in [-0.3, -0.25) is 9.58 Å². The van der Waals surface area contributed by atoms with Gasteiger partial charge in [-0.25, -0.2) is 0 Å².